The normalized spacial score (nSPS) is 10.8. The number of anilines is 2. The summed E-state index contributed by atoms with van der Waals surface area (Å²) in [5, 5.41) is 15.6. The van der Waals surface area contributed by atoms with Crippen LogP contribution in [0.2, 0.25) is 10.0 Å². The number of amides is 2. The van der Waals surface area contributed by atoms with Gasteiger partial charge in [-0.25, -0.2) is 0 Å². The Bertz CT molecular complexity index is 1270. The van der Waals surface area contributed by atoms with E-state index in [4.69, 9.17) is 27.9 Å². The van der Waals surface area contributed by atoms with Crippen LogP contribution in [0.4, 0.5) is 11.4 Å². The summed E-state index contributed by atoms with van der Waals surface area (Å²) in [7, 11) is 0. The summed E-state index contributed by atoms with van der Waals surface area (Å²) in [5.74, 6) is -0.609. The highest BCUT2D eigenvalue weighted by molar-refractivity contribution is 6.42. The Morgan fingerprint density at radius 1 is 1.00 bits per heavy atom. The highest BCUT2D eigenvalue weighted by Gasteiger charge is 2.13. The molecule has 0 spiro atoms. The molecule has 0 saturated carbocycles. The van der Waals surface area contributed by atoms with Crippen LogP contribution >= 0.6 is 23.2 Å². The first-order chi connectivity index (χ1) is 15.9. The number of aryl methyl sites for hydroxylation is 1. The number of para-hydroxylation sites is 2. The maximum atomic E-state index is 12.6. The average Bonchev–Trinajstić information content (AvgIpc) is 2.80. The molecule has 0 radical (unpaired) electrons. The van der Waals surface area contributed by atoms with Gasteiger partial charge in [0.05, 0.1) is 10.0 Å². The van der Waals surface area contributed by atoms with Gasteiger partial charge in [-0.05, 0) is 48.9 Å². The van der Waals surface area contributed by atoms with E-state index in [0.29, 0.717) is 32.7 Å². The molecule has 3 aromatic rings. The second-order valence-electron chi connectivity index (χ2n) is 6.94. The Hall–Kier alpha value is -3.79. The summed E-state index contributed by atoms with van der Waals surface area (Å²) in [6.07, 6.45) is 1.42. The van der Waals surface area contributed by atoms with Gasteiger partial charge in [0, 0.05) is 16.9 Å². The molecule has 33 heavy (non-hydrogen) atoms. The number of nitriles is 1. The third-order valence-electron chi connectivity index (χ3n) is 4.54. The number of ether oxygens (including phenoxy) is 1. The van der Waals surface area contributed by atoms with E-state index >= 15 is 0 Å². The zero-order valence-corrected chi connectivity index (χ0v) is 19.1. The van der Waals surface area contributed by atoms with Gasteiger partial charge in [-0.15, -0.1) is 0 Å². The molecule has 0 aliphatic heterocycles. The molecule has 2 amide bonds. The number of nitrogens with one attached hydrogen (secondary N) is 2. The predicted octanol–water partition coefficient (Wildman–Crippen LogP) is 5.87. The summed E-state index contributed by atoms with van der Waals surface area (Å²) in [6, 6.07) is 20.7. The van der Waals surface area contributed by atoms with Crippen LogP contribution in [-0.2, 0) is 9.59 Å². The fraction of sp³-hybridized carbons (Fsp3) is 0.0800. The first kappa shape index (κ1) is 23.9. The molecule has 166 valence electrons. The first-order valence-electron chi connectivity index (χ1n) is 9.83. The van der Waals surface area contributed by atoms with E-state index in [1.54, 1.807) is 48.5 Å². The summed E-state index contributed by atoms with van der Waals surface area (Å²) in [4.78, 5) is 24.9. The topological polar surface area (TPSA) is 91.2 Å². The maximum Gasteiger partial charge on any atom is 0.266 e. The van der Waals surface area contributed by atoms with Crippen molar-refractivity contribution in [2.24, 2.45) is 0 Å². The molecule has 8 heteroatoms. The molecular formula is C25H19Cl2N3O3. The highest BCUT2D eigenvalue weighted by Crippen LogP contribution is 2.25. The third kappa shape index (κ3) is 6.59. The Morgan fingerprint density at radius 3 is 2.45 bits per heavy atom. The maximum absolute atomic E-state index is 12.6. The van der Waals surface area contributed by atoms with Crippen molar-refractivity contribution in [3.8, 4) is 11.8 Å². The zero-order valence-electron chi connectivity index (χ0n) is 17.6. The van der Waals surface area contributed by atoms with E-state index < -0.39 is 11.8 Å². The van der Waals surface area contributed by atoms with Gasteiger partial charge in [-0.1, -0.05) is 59.6 Å². The number of rotatable bonds is 7. The molecule has 0 aliphatic rings. The van der Waals surface area contributed by atoms with E-state index in [-0.39, 0.29) is 12.2 Å². The Morgan fingerprint density at radius 2 is 1.73 bits per heavy atom. The van der Waals surface area contributed by atoms with Crippen LogP contribution in [0.3, 0.4) is 0 Å². The van der Waals surface area contributed by atoms with Gasteiger partial charge >= 0.3 is 0 Å². The second kappa shape index (κ2) is 11.2. The van der Waals surface area contributed by atoms with Crippen LogP contribution in [0, 0.1) is 18.3 Å². The van der Waals surface area contributed by atoms with Crippen molar-refractivity contribution in [3.63, 3.8) is 0 Å². The molecule has 6 nitrogen and oxygen atoms in total. The van der Waals surface area contributed by atoms with Crippen LogP contribution in [-0.4, -0.2) is 18.4 Å². The van der Waals surface area contributed by atoms with Gasteiger partial charge in [-0.3, -0.25) is 9.59 Å². The van der Waals surface area contributed by atoms with Crippen molar-refractivity contribution in [1.82, 2.24) is 0 Å². The molecule has 3 aromatic carbocycles. The summed E-state index contributed by atoms with van der Waals surface area (Å²) >= 11 is 11.8. The lowest BCUT2D eigenvalue weighted by molar-refractivity contribution is -0.118. The van der Waals surface area contributed by atoms with Gasteiger partial charge in [0.25, 0.3) is 11.8 Å². The lowest BCUT2D eigenvalue weighted by Gasteiger charge is -2.11. The number of nitrogens with zero attached hydrogens (tertiary/aromatic N) is 1. The van der Waals surface area contributed by atoms with E-state index in [9.17, 15) is 14.9 Å². The number of hydrogen-bond acceptors (Lipinski definition) is 4. The van der Waals surface area contributed by atoms with Crippen molar-refractivity contribution in [1.29, 1.82) is 5.26 Å². The molecule has 0 unspecified atom stereocenters. The molecule has 0 atom stereocenters. The van der Waals surface area contributed by atoms with Crippen molar-refractivity contribution < 1.29 is 14.3 Å². The molecule has 2 N–H and O–H groups in total. The molecule has 0 fully saturated rings. The largest absolute Gasteiger partial charge is 0.483 e. The van der Waals surface area contributed by atoms with E-state index in [1.807, 2.05) is 25.1 Å². The third-order valence-corrected chi connectivity index (χ3v) is 5.28. The zero-order chi connectivity index (χ0) is 23.8. The Kier molecular flexibility index (Phi) is 8.09. The van der Waals surface area contributed by atoms with Gasteiger partial charge in [0.15, 0.2) is 6.61 Å². The molecule has 0 saturated heterocycles. The Labute approximate surface area is 201 Å². The summed E-state index contributed by atoms with van der Waals surface area (Å²) in [6.45, 7) is 1.57. The number of carbonyl (C=O) groups is 2. The second-order valence-corrected chi connectivity index (χ2v) is 7.76. The predicted molar refractivity (Wildman–Crippen MR) is 130 cm³/mol. The number of hydrogen-bond donors (Lipinski definition) is 2. The fourth-order valence-corrected chi connectivity index (χ4v) is 3.15. The van der Waals surface area contributed by atoms with Gasteiger partial charge in [0.2, 0.25) is 0 Å². The monoisotopic (exact) mass is 479 g/mol. The van der Waals surface area contributed by atoms with E-state index in [2.05, 4.69) is 10.6 Å². The standard InChI is InChI=1S/C25H19Cl2N3O3/c1-16-6-2-4-8-22(16)30-25(32)18(14-28)12-17-7-3-5-9-23(17)33-15-24(31)29-19-10-11-20(26)21(27)13-19/h2-13H,15H2,1H3,(H,29,31)(H,30,32)/b18-12-. The number of carbonyl (C=O) groups excluding carboxylic acids is 2. The number of halogens is 2. The first-order valence-corrected chi connectivity index (χ1v) is 10.6. The molecule has 3 rings (SSSR count). The van der Waals surface area contributed by atoms with Gasteiger partial charge in [-0.2, -0.15) is 5.26 Å². The van der Waals surface area contributed by atoms with Crippen molar-refractivity contribution >= 4 is 52.5 Å². The van der Waals surface area contributed by atoms with Crippen LogP contribution < -0.4 is 15.4 Å². The molecule has 0 aromatic heterocycles. The highest BCUT2D eigenvalue weighted by atomic mass is 35.5. The quantitative estimate of drug-likeness (QED) is 0.327. The van der Waals surface area contributed by atoms with Crippen LogP contribution in [0.5, 0.6) is 5.75 Å². The average molecular weight is 480 g/mol. The van der Waals surface area contributed by atoms with Crippen LogP contribution in [0.15, 0.2) is 72.3 Å². The van der Waals surface area contributed by atoms with Crippen LogP contribution in [0.25, 0.3) is 6.08 Å². The molecular weight excluding hydrogens is 461 g/mol. The molecule has 0 heterocycles. The van der Waals surface area contributed by atoms with Gasteiger partial charge < -0.3 is 15.4 Å². The van der Waals surface area contributed by atoms with Crippen molar-refractivity contribution in [3.05, 3.63) is 93.5 Å². The van der Waals surface area contributed by atoms with Gasteiger partial charge in [0.1, 0.15) is 17.4 Å². The minimum absolute atomic E-state index is 0.102. The number of benzene rings is 3. The molecule has 0 bridgehead atoms. The SMILES string of the molecule is Cc1ccccc1NC(=O)/C(C#N)=C\c1ccccc1OCC(=O)Nc1ccc(Cl)c(Cl)c1. The fourth-order valence-electron chi connectivity index (χ4n) is 2.85. The molecule has 0 aliphatic carbocycles. The Balaban J connectivity index is 1.70. The van der Waals surface area contributed by atoms with E-state index in [0.717, 1.165) is 5.56 Å². The minimum Gasteiger partial charge on any atom is -0.483 e. The van der Waals surface area contributed by atoms with Crippen molar-refractivity contribution in [2.75, 3.05) is 17.2 Å². The van der Waals surface area contributed by atoms with E-state index in [1.165, 1.54) is 12.1 Å². The lowest BCUT2D eigenvalue weighted by Crippen LogP contribution is -2.20. The summed E-state index contributed by atoms with van der Waals surface area (Å²) < 4.78 is 5.63. The van der Waals surface area contributed by atoms with Crippen LogP contribution in [0.1, 0.15) is 11.1 Å². The van der Waals surface area contributed by atoms with Crippen molar-refractivity contribution in [2.45, 2.75) is 6.92 Å². The lowest BCUT2D eigenvalue weighted by atomic mass is 10.1. The smallest absolute Gasteiger partial charge is 0.266 e. The minimum atomic E-state index is -0.543. The summed E-state index contributed by atoms with van der Waals surface area (Å²) in [5.41, 5.74) is 2.35.